The molecule has 0 heterocycles. The van der Waals surface area contributed by atoms with Gasteiger partial charge in [0.05, 0.1) is 6.61 Å². The topological polar surface area (TPSA) is 63.6 Å². The van der Waals surface area contributed by atoms with Crippen molar-refractivity contribution in [1.82, 2.24) is 0 Å². The molecule has 0 aliphatic carbocycles. The molecule has 0 aliphatic heterocycles. The van der Waals surface area contributed by atoms with Crippen LogP contribution in [0.15, 0.2) is 23.3 Å². The molecule has 0 aromatic rings. The van der Waals surface area contributed by atoms with Crippen LogP contribution in [0, 0.1) is 0 Å². The summed E-state index contributed by atoms with van der Waals surface area (Å²) in [6.45, 7) is 14.2. The van der Waals surface area contributed by atoms with Gasteiger partial charge in [-0.2, -0.15) is 0 Å². The van der Waals surface area contributed by atoms with Crippen LogP contribution in [0.5, 0.6) is 0 Å². The average molecular weight is 1130 g/mol. The average Bonchev–Trinajstić information content (AvgIpc) is 3.45. The second-order valence-corrected chi connectivity index (χ2v) is 25.8. The number of rotatable bonds is 67. The van der Waals surface area contributed by atoms with E-state index in [2.05, 4.69) is 34.3 Å². The van der Waals surface area contributed by atoms with Crippen LogP contribution >= 0.6 is 0 Å². The molecule has 0 fully saturated rings. The Morgan fingerprint density at radius 1 is 0.275 bits per heavy atom. The zero-order valence-corrected chi connectivity index (χ0v) is 55.8. The first kappa shape index (κ1) is 80.5. The fraction of sp³-hybridized carbons (Fsp3) is 0.921. The number of hydrogen-bond acceptors (Lipinski definition) is 3. The van der Waals surface area contributed by atoms with E-state index in [-0.39, 0.29) is 11.5 Å². The van der Waals surface area contributed by atoms with Gasteiger partial charge in [-0.25, -0.2) is 9.59 Å². The third kappa shape index (κ3) is 68.9. The van der Waals surface area contributed by atoms with Crippen molar-refractivity contribution in [1.29, 1.82) is 0 Å². The van der Waals surface area contributed by atoms with E-state index in [4.69, 9.17) is 9.84 Å². The van der Waals surface area contributed by atoms with Gasteiger partial charge in [-0.3, -0.25) is 0 Å². The number of aliphatic carboxylic acids is 1. The summed E-state index contributed by atoms with van der Waals surface area (Å²) in [5.74, 6) is -0.961. The molecule has 0 aliphatic rings. The quantitative estimate of drug-likeness (QED) is 0.0374. The van der Waals surface area contributed by atoms with Gasteiger partial charge < -0.3 is 9.84 Å². The third-order valence-electron chi connectivity index (χ3n) is 17.6. The van der Waals surface area contributed by atoms with Gasteiger partial charge in [0, 0.05) is 11.1 Å². The standard InChI is InChI=1S/C72H142O2.C4H6O2/c1-5-8-11-14-17-20-23-26-29-31-32-33-34-35-36-37-38-39-40-41-42-43-44-45-46-48-51-54-57-60-63-66-69-74-72(73)70(4)71(67-64-61-58-55-52-49-28-25-22-19-16-13-10-7-3)68-65-62-59-56-53-50-47-30-27-24-21-18-15-12-9-6-2;1-3(2)4(5)6/h5-69H2,1-4H3;1H2,2H3,(H,5,6). The van der Waals surface area contributed by atoms with Gasteiger partial charge in [-0.05, 0) is 46.0 Å². The molecule has 1 N–H and O–H groups in total. The third-order valence-corrected chi connectivity index (χ3v) is 17.6. The molecular weight excluding hydrogens is 977 g/mol. The molecule has 0 rings (SSSR count). The highest BCUT2D eigenvalue weighted by Crippen LogP contribution is 2.24. The maximum atomic E-state index is 13.3. The summed E-state index contributed by atoms with van der Waals surface area (Å²) in [7, 11) is 0. The number of carboxylic acids is 1. The highest BCUT2D eigenvalue weighted by atomic mass is 16.5. The Kier molecular flexibility index (Phi) is 72.1. The largest absolute Gasteiger partial charge is 0.478 e. The monoisotopic (exact) mass is 1130 g/mol. The second-order valence-electron chi connectivity index (χ2n) is 25.8. The van der Waals surface area contributed by atoms with Crippen molar-refractivity contribution in [3.05, 3.63) is 23.3 Å². The molecule has 476 valence electrons. The maximum Gasteiger partial charge on any atom is 0.333 e. The molecule has 0 aromatic carbocycles. The van der Waals surface area contributed by atoms with Gasteiger partial charge in [0.25, 0.3) is 0 Å². The van der Waals surface area contributed by atoms with Crippen molar-refractivity contribution in [2.24, 2.45) is 0 Å². The zero-order valence-electron chi connectivity index (χ0n) is 55.8. The van der Waals surface area contributed by atoms with Gasteiger partial charge in [-0.1, -0.05) is 412 Å². The van der Waals surface area contributed by atoms with Crippen molar-refractivity contribution in [3.63, 3.8) is 0 Å². The highest BCUT2D eigenvalue weighted by molar-refractivity contribution is 5.88. The van der Waals surface area contributed by atoms with Crippen molar-refractivity contribution in [2.45, 2.75) is 446 Å². The molecule has 0 spiro atoms. The summed E-state index contributed by atoms with van der Waals surface area (Å²) >= 11 is 0. The SMILES string of the molecule is C=C(C)C(=O)O.CCCCCCCCCCCCCCCCCCCCCCCCCCCCCCCCCCOC(=O)C(C)=C(CCCCCCCCCCCCCCCC)CCCCCCCCCCCCCCCCCC. The number of carbonyl (C=O) groups is 2. The lowest BCUT2D eigenvalue weighted by molar-refractivity contribution is -0.139. The van der Waals surface area contributed by atoms with E-state index in [0.717, 1.165) is 24.8 Å². The molecular formula is C76H148O4. The van der Waals surface area contributed by atoms with Gasteiger partial charge in [0.2, 0.25) is 0 Å². The minimum absolute atomic E-state index is 0.0254. The van der Waals surface area contributed by atoms with Crippen LogP contribution in [0.4, 0.5) is 0 Å². The van der Waals surface area contributed by atoms with Gasteiger partial charge in [-0.15, -0.1) is 0 Å². The number of allylic oxidation sites excluding steroid dienone is 1. The number of hydrogen-bond donors (Lipinski definition) is 1. The first-order chi connectivity index (χ1) is 39.3. The van der Waals surface area contributed by atoms with Gasteiger partial charge >= 0.3 is 11.9 Å². The van der Waals surface area contributed by atoms with Crippen LogP contribution in [0.3, 0.4) is 0 Å². The molecule has 0 amide bonds. The predicted molar refractivity (Wildman–Crippen MR) is 359 cm³/mol. The summed E-state index contributed by atoms with van der Waals surface area (Å²) < 4.78 is 5.91. The van der Waals surface area contributed by atoms with Crippen LogP contribution in [0.1, 0.15) is 446 Å². The number of ether oxygens (including phenoxy) is 1. The molecule has 0 radical (unpaired) electrons. The number of esters is 1. The van der Waals surface area contributed by atoms with Crippen molar-refractivity contribution < 1.29 is 19.4 Å². The Bertz CT molecular complexity index is 1240. The Morgan fingerprint density at radius 3 is 0.588 bits per heavy atom. The number of carbonyl (C=O) groups excluding carboxylic acids is 1. The summed E-state index contributed by atoms with van der Waals surface area (Å²) in [5.41, 5.74) is 2.52. The maximum absolute atomic E-state index is 13.3. The zero-order chi connectivity index (χ0) is 58.6. The molecule has 4 heteroatoms. The first-order valence-corrected chi connectivity index (χ1v) is 37.1. The summed E-state index contributed by atoms with van der Waals surface area (Å²) in [6.07, 6.45) is 89.9. The van der Waals surface area contributed by atoms with Crippen LogP contribution in [-0.4, -0.2) is 23.7 Å². The normalized spacial score (nSPS) is 11.7. The predicted octanol–water partition coefficient (Wildman–Crippen LogP) is 27.5. The van der Waals surface area contributed by atoms with E-state index < -0.39 is 5.97 Å². The molecule has 0 unspecified atom stereocenters. The van der Waals surface area contributed by atoms with E-state index in [1.54, 1.807) is 0 Å². The van der Waals surface area contributed by atoms with Crippen molar-refractivity contribution in [2.75, 3.05) is 6.61 Å². The minimum Gasteiger partial charge on any atom is -0.478 e. The second kappa shape index (κ2) is 71.7. The van der Waals surface area contributed by atoms with Gasteiger partial charge in [0.1, 0.15) is 0 Å². The van der Waals surface area contributed by atoms with Crippen molar-refractivity contribution >= 4 is 11.9 Å². The lowest BCUT2D eigenvalue weighted by Gasteiger charge is -2.13. The smallest absolute Gasteiger partial charge is 0.333 e. The molecule has 0 saturated heterocycles. The first-order valence-electron chi connectivity index (χ1n) is 37.1. The van der Waals surface area contributed by atoms with E-state index >= 15 is 0 Å². The summed E-state index contributed by atoms with van der Waals surface area (Å²) in [5, 5.41) is 7.89. The van der Waals surface area contributed by atoms with Crippen LogP contribution in [-0.2, 0) is 14.3 Å². The van der Waals surface area contributed by atoms with E-state index in [1.165, 1.54) is 404 Å². The molecule has 0 atom stereocenters. The fourth-order valence-corrected chi connectivity index (χ4v) is 11.8. The highest BCUT2D eigenvalue weighted by Gasteiger charge is 2.13. The van der Waals surface area contributed by atoms with Crippen LogP contribution in [0.25, 0.3) is 0 Å². The molecule has 4 nitrogen and oxygen atoms in total. The van der Waals surface area contributed by atoms with E-state index in [9.17, 15) is 9.59 Å². The Balaban J connectivity index is 0. The Hall–Kier alpha value is -1.58. The Morgan fingerprint density at radius 2 is 0.425 bits per heavy atom. The number of carboxylic acid groups (broad SMARTS) is 1. The van der Waals surface area contributed by atoms with E-state index in [1.807, 2.05) is 0 Å². The van der Waals surface area contributed by atoms with E-state index in [0.29, 0.717) is 6.61 Å². The minimum atomic E-state index is -0.935. The van der Waals surface area contributed by atoms with Crippen LogP contribution < -0.4 is 0 Å². The van der Waals surface area contributed by atoms with Crippen molar-refractivity contribution in [3.8, 4) is 0 Å². The number of unbranched alkanes of at least 4 members (excludes halogenated alkanes) is 59. The van der Waals surface area contributed by atoms with Crippen LogP contribution in [0.2, 0.25) is 0 Å². The molecule has 80 heavy (non-hydrogen) atoms. The lowest BCUT2D eigenvalue weighted by atomic mass is 9.95. The fourth-order valence-electron chi connectivity index (χ4n) is 11.8. The summed E-state index contributed by atoms with van der Waals surface area (Å²) in [4.78, 5) is 22.9. The molecule has 0 saturated carbocycles. The summed E-state index contributed by atoms with van der Waals surface area (Å²) in [6, 6.07) is 0. The molecule has 0 aromatic heterocycles. The van der Waals surface area contributed by atoms with Gasteiger partial charge in [0.15, 0.2) is 0 Å². The molecule has 0 bridgehead atoms. The Labute approximate surface area is 504 Å². The lowest BCUT2D eigenvalue weighted by Crippen LogP contribution is -2.10.